The van der Waals surface area contributed by atoms with Crippen molar-refractivity contribution in [2.45, 2.75) is 9.92 Å². The Hall–Kier alpha value is -2.08. The van der Waals surface area contributed by atoms with E-state index in [0.29, 0.717) is 23.7 Å². The van der Waals surface area contributed by atoms with Crippen molar-refractivity contribution in [3.05, 3.63) is 65.2 Å². The van der Waals surface area contributed by atoms with Gasteiger partial charge in [0.1, 0.15) is 5.03 Å². The molecule has 0 aliphatic carbocycles. The van der Waals surface area contributed by atoms with Crippen LogP contribution in [0, 0.1) is 0 Å². The molecule has 0 fully saturated rings. The smallest absolute Gasteiger partial charge is 0.252 e. The molecule has 1 heterocycles. The molecule has 6 heteroatoms. The summed E-state index contributed by atoms with van der Waals surface area (Å²) in [5.74, 6) is -0.142. The van der Waals surface area contributed by atoms with Gasteiger partial charge < -0.3 is 10.1 Å². The first kappa shape index (κ1) is 17.7. The van der Waals surface area contributed by atoms with Gasteiger partial charge >= 0.3 is 0 Å². The van der Waals surface area contributed by atoms with Crippen molar-refractivity contribution >= 4 is 40.2 Å². The minimum atomic E-state index is -0.142. The van der Waals surface area contributed by atoms with Crippen LogP contribution in [-0.2, 0) is 4.74 Å². The van der Waals surface area contributed by atoms with Crippen molar-refractivity contribution in [1.82, 2.24) is 10.3 Å². The number of amides is 1. The molecular weight excluding hydrogens is 356 g/mol. The number of para-hydroxylation sites is 1. The van der Waals surface area contributed by atoms with Crippen molar-refractivity contribution in [3.8, 4) is 0 Å². The number of hydrogen-bond acceptors (Lipinski definition) is 4. The van der Waals surface area contributed by atoms with Crippen LogP contribution in [0.5, 0.6) is 0 Å². The lowest BCUT2D eigenvalue weighted by atomic mass is 10.1. The minimum absolute atomic E-state index is 0.142. The van der Waals surface area contributed by atoms with Gasteiger partial charge in [-0.15, -0.1) is 0 Å². The summed E-state index contributed by atoms with van der Waals surface area (Å²) in [6, 6.07) is 17.0. The van der Waals surface area contributed by atoms with E-state index in [2.05, 4.69) is 10.3 Å². The Morgan fingerprint density at radius 3 is 2.76 bits per heavy atom. The van der Waals surface area contributed by atoms with E-state index in [4.69, 9.17) is 16.3 Å². The van der Waals surface area contributed by atoms with Gasteiger partial charge in [-0.1, -0.05) is 53.7 Å². The molecule has 0 bridgehead atoms. The maximum atomic E-state index is 12.6. The lowest BCUT2D eigenvalue weighted by Gasteiger charge is -2.10. The predicted molar refractivity (Wildman–Crippen MR) is 102 cm³/mol. The first-order valence-corrected chi connectivity index (χ1v) is 8.98. The summed E-state index contributed by atoms with van der Waals surface area (Å²) in [5.41, 5.74) is 1.37. The number of methoxy groups -OCH3 is 1. The zero-order chi connectivity index (χ0) is 17.6. The largest absolute Gasteiger partial charge is 0.383 e. The number of nitrogens with zero attached hydrogens (tertiary/aromatic N) is 1. The highest BCUT2D eigenvalue weighted by atomic mass is 35.5. The first-order valence-electron chi connectivity index (χ1n) is 7.78. The summed E-state index contributed by atoms with van der Waals surface area (Å²) >= 11 is 7.68. The van der Waals surface area contributed by atoms with Crippen LogP contribution in [0.1, 0.15) is 10.4 Å². The van der Waals surface area contributed by atoms with Gasteiger partial charge in [0.25, 0.3) is 5.91 Å². The molecule has 0 spiro atoms. The van der Waals surface area contributed by atoms with Gasteiger partial charge in [-0.25, -0.2) is 4.98 Å². The molecule has 25 heavy (non-hydrogen) atoms. The number of halogens is 1. The molecule has 0 unspecified atom stereocenters. The molecule has 1 amide bonds. The lowest BCUT2D eigenvalue weighted by Crippen LogP contribution is -2.27. The van der Waals surface area contributed by atoms with E-state index < -0.39 is 0 Å². The van der Waals surface area contributed by atoms with Crippen LogP contribution < -0.4 is 5.32 Å². The molecule has 0 aliphatic heterocycles. The van der Waals surface area contributed by atoms with Crippen LogP contribution in [0.4, 0.5) is 0 Å². The summed E-state index contributed by atoms with van der Waals surface area (Å²) in [6.45, 7) is 0.926. The molecule has 0 saturated heterocycles. The number of pyridine rings is 1. The third kappa shape index (κ3) is 4.31. The number of ether oxygens (including phenoxy) is 1. The minimum Gasteiger partial charge on any atom is -0.383 e. The number of aromatic nitrogens is 1. The Bertz CT molecular complexity index is 901. The van der Waals surface area contributed by atoms with Crippen LogP contribution in [-0.4, -0.2) is 31.2 Å². The molecule has 0 atom stereocenters. The standard InChI is InChI=1S/C19H17ClN2O2S/c1-24-11-10-21-19(23)14-12-18(22-16-8-4-2-6-13(14)16)25-17-9-5-3-7-15(17)20/h2-9,12H,10-11H2,1H3,(H,21,23). The zero-order valence-corrected chi connectivity index (χ0v) is 15.2. The highest BCUT2D eigenvalue weighted by Crippen LogP contribution is 2.33. The Balaban J connectivity index is 1.97. The molecule has 2 aromatic carbocycles. The molecule has 1 N–H and O–H groups in total. The van der Waals surface area contributed by atoms with Crippen molar-refractivity contribution in [3.63, 3.8) is 0 Å². The number of benzene rings is 2. The van der Waals surface area contributed by atoms with E-state index in [9.17, 15) is 4.79 Å². The number of hydrogen-bond donors (Lipinski definition) is 1. The van der Waals surface area contributed by atoms with Gasteiger partial charge in [0.05, 0.1) is 22.7 Å². The summed E-state index contributed by atoms with van der Waals surface area (Å²) in [7, 11) is 1.60. The van der Waals surface area contributed by atoms with Gasteiger partial charge in [0.15, 0.2) is 0 Å². The van der Waals surface area contributed by atoms with Crippen molar-refractivity contribution in [2.75, 3.05) is 20.3 Å². The zero-order valence-electron chi connectivity index (χ0n) is 13.7. The lowest BCUT2D eigenvalue weighted by molar-refractivity contribution is 0.0938. The summed E-state index contributed by atoms with van der Waals surface area (Å²) in [4.78, 5) is 18.1. The number of fused-ring (bicyclic) bond motifs is 1. The Morgan fingerprint density at radius 1 is 1.20 bits per heavy atom. The third-order valence-corrected chi connectivity index (χ3v) is 5.02. The number of carbonyl (C=O) groups is 1. The summed E-state index contributed by atoms with van der Waals surface area (Å²) < 4.78 is 4.99. The molecule has 128 valence electrons. The molecule has 1 aromatic heterocycles. The van der Waals surface area contributed by atoms with Crippen molar-refractivity contribution in [2.24, 2.45) is 0 Å². The van der Waals surface area contributed by atoms with Crippen LogP contribution in [0.25, 0.3) is 10.9 Å². The highest BCUT2D eigenvalue weighted by Gasteiger charge is 2.14. The van der Waals surface area contributed by atoms with E-state index in [1.54, 1.807) is 13.2 Å². The van der Waals surface area contributed by atoms with E-state index in [0.717, 1.165) is 20.8 Å². The second-order valence-corrected chi connectivity index (χ2v) is 6.78. The number of carbonyl (C=O) groups excluding carboxylic acids is 1. The fourth-order valence-electron chi connectivity index (χ4n) is 2.39. The van der Waals surface area contributed by atoms with Gasteiger partial charge in [-0.2, -0.15) is 0 Å². The third-order valence-electron chi connectivity index (χ3n) is 3.58. The van der Waals surface area contributed by atoms with Gasteiger partial charge in [-0.3, -0.25) is 4.79 Å². The number of rotatable bonds is 6. The Morgan fingerprint density at radius 2 is 1.96 bits per heavy atom. The normalized spacial score (nSPS) is 10.8. The van der Waals surface area contributed by atoms with E-state index >= 15 is 0 Å². The maximum absolute atomic E-state index is 12.6. The van der Waals surface area contributed by atoms with Gasteiger partial charge in [0, 0.05) is 23.9 Å². The number of nitrogens with one attached hydrogen (secondary N) is 1. The predicted octanol–water partition coefficient (Wildman–Crippen LogP) is 4.42. The molecular formula is C19H17ClN2O2S. The Labute approximate surface area is 155 Å². The highest BCUT2D eigenvalue weighted by molar-refractivity contribution is 7.99. The van der Waals surface area contributed by atoms with Crippen LogP contribution >= 0.6 is 23.4 Å². The van der Waals surface area contributed by atoms with Crippen molar-refractivity contribution in [1.29, 1.82) is 0 Å². The molecule has 0 saturated carbocycles. The van der Waals surface area contributed by atoms with Crippen LogP contribution in [0.3, 0.4) is 0 Å². The van der Waals surface area contributed by atoms with Crippen LogP contribution in [0.2, 0.25) is 5.02 Å². The van der Waals surface area contributed by atoms with Gasteiger partial charge in [0.2, 0.25) is 0 Å². The quantitative estimate of drug-likeness (QED) is 0.651. The van der Waals surface area contributed by atoms with E-state index in [1.807, 2.05) is 48.5 Å². The Kier molecular flexibility index (Phi) is 5.91. The second-order valence-electron chi connectivity index (χ2n) is 5.31. The van der Waals surface area contributed by atoms with E-state index in [-0.39, 0.29) is 5.91 Å². The first-order chi connectivity index (χ1) is 12.2. The fraction of sp³-hybridized carbons (Fsp3) is 0.158. The van der Waals surface area contributed by atoms with Gasteiger partial charge in [-0.05, 0) is 24.3 Å². The molecule has 3 rings (SSSR count). The average Bonchev–Trinajstić information content (AvgIpc) is 2.63. The molecule has 4 nitrogen and oxygen atoms in total. The SMILES string of the molecule is COCCNC(=O)c1cc(Sc2ccccc2Cl)nc2ccccc12. The van der Waals surface area contributed by atoms with E-state index in [1.165, 1.54) is 11.8 Å². The fourth-order valence-corrected chi connectivity index (χ4v) is 3.50. The van der Waals surface area contributed by atoms with Crippen molar-refractivity contribution < 1.29 is 9.53 Å². The molecule has 0 aliphatic rings. The topological polar surface area (TPSA) is 51.2 Å². The average molecular weight is 373 g/mol. The molecule has 3 aromatic rings. The summed E-state index contributed by atoms with van der Waals surface area (Å²) in [5, 5.41) is 5.07. The maximum Gasteiger partial charge on any atom is 0.252 e. The monoisotopic (exact) mass is 372 g/mol. The molecule has 0 radical (unpaired) electrons. The summed E-state index contributed by atoms with van der Waals surface area (Å²) in [6.07, 6.45) is 0. The van der Waals surface area contributed by atoms with Crippen LogP contribution in [0.15, 0.2) is 64.5 Å². The second kappa shape index (κ2) is 8.34.